The van der Waals surface area contributed by atoms with Gasteiger partial charge < -0.3 is 10.4 Å². The van der Waals surface area contributed by atoms with Gasteiger partial charge in [-0.1, -0.05) is 6.08 Å². The first-order valence-corrected chi connectivity index (χ1v) is 10.3. The Bertz CT molecular complexity index is 966. The van der Waals surface area contributed by atoms with E-state index in [0.717, 1.165) is 14.2 Å². The maximum absolute atomic E-state index is 13.3. The molecule has 152 valence electrons. The Morgan fingerprint density at radius 1 is 1.43 bits per heavy atom. The zero-order chi connectivity index (χ0) is 20.3. The second-order valence-corrected chi connectivity index (χ2v) is 9.24. The summed E-state index contributed by atoms with van der Waals surface area (Å²) < 4.78 is 53.9. The molecule has 28 heavy (non-hydrogen) atoms. The Balaban J connectivity index is 1.58. The van der Waals surface area contributed by atoms with Crippen molar-refractivity contribution in [1.29, 1.82) is 0 Å². The SMILES string of the molecule is CN1c2nc(C3=CCC(NC(=O)O)CC3)ccc2N(CC2CC2(F)F)S1(=O)=O. The van der Waals surface area contributed by atoms with E-state index in [0.29, 0.717) is 30.6 Å². The average Bonchev–Trinajstić information content (AvgIpc) is 3.19. The molecule has 2 aliphatic carbocycles. The Kier molecular flexibility index (Phi) is 4.25. The van der Waals surface area contributed by atoms with E-state index >= 15 is 0 Å². The number of hydrogen-bond donors (Lipinski definition) is 2. The highest BCUT2D eigenvalue weighted by Gasteiger charge is 2.59. The van der Waals surface area contributed by atoms with Crippen molar-refractivity contribution in [2.24, 2.45) is 5.92 Å². The Labute approximate surface area is 161 Å². The largest absolute Gasteiger partial charge is 0.465 e. The number of halogens is 2. The molecule has 1 aliphatic heterocycles. The minimum Gasteiger partial charge on any atom is -0.465 e. The van der Waals surface area contributed by atoms with Gasteiger partial charge in [-0.25, -0.2) is 27.2 Å². The number of allylic oxidation sites excluding steroid dienone is 1. The number of fused-ring (bicyclic) bond motifs is 1. The van der Waals surface area contributed by atoms with Crippen molar-refractivity contribution in [2.45, 2.75) is 37.6 Å². The zero-order valence-corrected chi connectivity index (χ0v) is 15.9. The maximum atomic E-state index is 13.3. The van der Waals surface area contributed by atoms with E-state index in [4.69, 9.17) is 5.11 Å². The molecule has 0 spiro atoms. The van der Waals surface area contributed by atoms with Crippen LogP contribution in [-0.2, 0) is 10.2 Å². The quantitative estimate of drug-likeness (QED) is 0.788. The van der Waals surface area contributed by atoms with Crippen LogP contribution in [0.4, 0.5) is 25.1 Å². The van der Waals surface area contributed by atoms with Gasteiger partial charge in [-0.2, -0.15) is 8.42 Å². The van der Waals surface area contributed by atoms with Gasteiger partial charge in [0.1, 0.15) is 0 Å². The molecule has 2 heterocycles. The van der Waals surface area contributed by atoms with Crippen LogP contribution < -0.4 is 13.9 Å². The molecule has 1 aromatic heterocycles. The van der Waals surface area contributed by atoms with Gasteiger partial charge >= 0.3 is 16.3 Å². The summed E-state index contributed by atoms with van der Waals surface area (Å²) in [7, 11) is -2.56. The Morgan fingerprint density at radius 3 is 2.71 bits per heavy atom. The van der Waals surface area contributed by atoms with E-state index in [1.54, 1.807) is 12.1 Å². The highest BCUT2D eigenvalue weighted by molar-refractivity contribution is 7.94. The fourth-order valence-corrected chi connectivity index (χ4v) is 5.07. The van der Waals surface area contributed by atoms with Crippen LogP contribution in [0.15, 0.2) is 18.2 Å². The van der Waals surface area contributed by atoms with Gasteiger partial charge in [0.2, 0.25) is 0 Å². The molecule has 2 N–H and O–H groups in total. The van der Waals surface area contributed by atoms with E-state index in [2.05, 4.69) is 10.3 Å². The molecule has 0 bridgehead atoms. The first-order valence-electron chi connectivity index (χ1n) is 8.94. The molecule has 1 fully saturated rings. The number of alkyl halides is 2. The van der Waals surface area contributed by atoms with Crippen molar-refractivity contribution >= 4 is 33.4 Å². The van der Waals surface area contributed by atoms with Crippen molar-refractivity contribution in [3.8, 4) is 0 Å². The maximum Gasteiger partial charge on any atom is 0.404 e. The minimum absolute atomic E-state index is 0.158. The summed E-state index contributed by atoms with van der Waals surface area (Å²) in [5, 5.41) is 11.2. The molecule has 8 nitrogen and oxygen atoms in total. The average molecular weight is 414 g/mol. The van der Waals surface area contributed by atoms with Crippen molar-refractivity contribution in [3.05, 3.63) is 23.9 Å². The zero-order valence-electron chi connectivity index (χ0n) is 15.1. The summed E-state index contributed by atoms with van der Waals surface area (Å²) >= 11 is 0. The van der Waals surface area contributed by atoms with Gasteiger partial charge in [-0.15, -0.1) is 0 Å². The minimum atomic E-state index is -3.92. The molecule has 1 aromatic rings. The molecule has 1 saturated carbocycles. The number of anilines is 2. The fourth-order valence-electron chi connectivity index (χ4n) is 3.66. The number of aromatic nitrogens is 1. The van der Waals surface area contributed by atoms with Crippen molar-refractivity contribution in [1.82, 2.24) is 10.3 Å². The second kappa shape index (κ2) is 6.29. The molecule has 3 aliphatic rings. The predicted molar refractivity (Wildman–Crippen MR) is 98.7 cm³/mol. The monoisotopic (exact) mass is 414 g/mol. The number of pyridine rings is 1. The smallest absolute Gasteiger partial charge is 0.404 e. The lowest BCUT2D eigenvalue weighted by Crippen LogP contribution is -2.37. The van der Waals surface area contributed by atoms with Crippen molar-refractivity contribution in [2.75, 3.05) is 22.2 Å². The summed E-state index contributed by atoms with van der Waals surface area (Å²) in [6.07, 6.45) is 2.27. The van der Waals surface area contributed by atoms with E-state index in [-0.39, 0.29) is 24.8 Å². The summed E-state index contributed by atoms with van der Waals surface area (Å²) in [5.41, 5.74) is 1.81. The van der Waals surface area contributed by atoms with Crippen molar-refractivity contribution < 1.29 is 27.1 Å². The standard InChI is InChI=1S/C17H20F2N4O4S/c1-22-15-14(23(28(22,26)27)9-11-8-17(11,18)19)7-6-13(21-15)10-2-4-12(5-3-10)20-16(24)25/h2,6-7,11-12,20H,3-5,8-9H2,1H3,(H,24,25). The number of nitrogens with zero attached hydrogens (tertiary/aromatic N) is 3. The third-order valence-electron chi connectivity index (χ3n) is 5.46. The molecular formula is C17H20F2N4O4S. The lowest BCUT2D eigenvalue weighted by Gasteiger charge is -2.21. The van der Waals surface area contributed by atoms with Crippen LogP contribution in [-0.4, -0.2) is 50.2 Å². The van der Waals surface area contributed by atoms with Crippen LogP contribution in [0.5, 0.6) is 0 Å². The Hall–Kier alpha value is -2.43. The number of amides is 1. The van der Waals surface area contributed by atoms with E-state index in [1.165, 1.54) is 7.05 Å². The Morgan fingerprint density at radius 2 is 2.14 bits per heavy atom. The molecule has 2 unspecified atom stereocenters. The molecule has 0 radical (unpaired) electrons. The van der Waals surface area contributed by atoms with Crippen LogP contribution in [0, 0.1) is 5.92 Å². The number of rotatable bonds is 4. The molecule has 0 saturated heterocycles. The van der Waals surface area contributed by atoms with E-state index in [1.807, 2.05) is 6.08 Å². The van der Waals surface area contributed by atoms with Crippen molar-refractivity contribution in [3.63, 3.8) is 0 Å². The molecule has 1 amide bonds. The molecular weight excluding hydrogens is 394 g/mol. The van der Waals surface area contributed by atoms with Crippen LogP contribution in [0.1, 0.15) is 31.4 Å². The fraction of sp³-hybridized carbons (Fsp3) is 0.529. The van der Waals surface area contributed by atoms with Crippen LogP contribution in [0.2, 0.25) is 0 Å². The molecule has 4 rings (SSSR count). The van der Waals surface area contributed by atoms with Gasteiger partial charge in [0, 0.05) is 32.0 Å². The topological polar surface area (TPSA) is 103 Å². The normalized spacial score (nSPS) is 27.2. The number of carboxylic acid groups (broad SMARTS) is 1. The number of carbonyl (C=O) groups is 1. The number of hydrogen-bond acceptors (Lipinski definition) is 4. The van der Waals surface area contributed by atoms with Crippen LogP contribution in [0.25, 0.3) is 5.57 Å². The third-order valence-corrected chi connectivity index (χ3v) is 7.22. The number of nitrogens with one attached hydrogen (secondary N) is 1. The summed E-state index contributed by atoms with van der Waals surface area (Å²) in [6, 6.07) is 3.12. The first-order chi connectivity index (χ1) is 13.1. The lowest BCUT2D eigenvalue weighted by molar-refractivity contribution is 0.101. The second-order valence-electron chi connectivity index (χ2n) is 7.36. The highest BCUT2D eigenvalue weighted by atomic mass is 32.2. The van der Waals surface area contributed by atoms with Crippen LogP contribution >= 0.6 is 0 Å². The van der Waals surface area contributed by atoms with Gasteiger partial charge in [0.05, 0.1) is 11.4 Å². The van der Waals surface area contributed by atoms with Gasteiger partial charge in [-0.3, -0.25) is 0 Å². The summed E-state index contributed by atoms with van der Waals surface area (Å²) in [6.45, 7) is -0.265. The van der Waals surface area contributed by atoms with E-state index < -0.39 is 28.1 Å². The van der Waals surface area contributed by atoms with Gasteiger partial charge in [0.25, 0.3) is 5.92 Å². The predicted octanol–water partition coefficient (Wildman–Crippen LogP) is 2.44. The van der Waals surface area contributed by atoms with Gasteiger partial charge in [0.15, 0.2) is 5.82 Å². The first kappa shape index (κ1) is 18.9. The third kappa shape index (κ3) is 3.17. The molecule has 0 aromatic carbocycles. The highest BCUT2D eigenvalue weighted by Crippen LogP contribution is 2.51. The van der Waals surface area contributed by atoms with Gasteiger partial charge in [-0.05, 0) is 37.0 Å². The molecule has 2 atom stereocenters. The van der Waals surface area contributed by atoms with E-state index in [9.17, 15) is 22.0 Å². The molecule has 11 heteroatoms. The summed E-state index contributed by atoms with van der Waals surface area (Å²) in [4.78, 5) is 15.2. The summed E-state index contributed by atoms with van der Waals surface area (Å²) in [5.74, 6) is -3.56. The van der Waals surface area contributed by atoms with Crippen LogP contribution in [0.3, 0.4) is 0 Å². The lowest BCUT2D eigenvalue weighted by atomic mass is 9.93.